The number of methoxy groups -OCH3 is 1. The van der Waals surface area contributed by atoms with Gasteiger partial charge >= 0.3 is 0 Å². The maximum Gasteiger partial charge on any atom is 0.265 e. The number of piperidine rings is 1. The summed E-state index contributed by atoms with van der Waals surface area (Å²) in [5.74, 6) is -6.19. The molecule has 2 aliphatic carbocycles. The van der Waals surface area contributed by atoms with Gasteiger partial charge in [0, 0.05) is 60.0 Å². The van der Waals surface area contributed by atoms with E-state index in [1.807, 2.05) is 18.4 Å². The average molecular weight is 899 g/mol. The van der Waals surface area contributed by atoms with Gasteiger partial charge in [-0.05, 0) is 50.2 Å². The molecular weight excluding hydrogens is 843 g/mol. The van der Waals surface area contributed by atoms with Crippen LogP contribution in [0.5, 0.6) is 11.5 Å². The summed E-state index contributed by atoms with van der Waals surface area (Å²) < 4.78 is 69.1. The standard InChI is InChI=1S/C44H56F2N6O8S2/c1-9-26-20-44(26,41(56)50-62(57,58)28-11-12-28)49-38(54)33-17-27(21-52(33)40(55)30(42(5,6)7)18-36(53)51-16-10-15-43(45,46)23-51)60-35-19-31(32-22-61-39(48-32)24(2)3)47-37-25(4)34(59-8)14-13-29(35)37/h9,13-14,19,22,24,26-28,30,33H,1,10-12,15-18,20-21,23H2,2-8H3,(H,49,54)(H,50,56)/t26-,27+,30+,33-,44+/m0/s1. The first-order valence-corrected chi connectivity index (χ1v) is 23.6. The Bertz CT molecular complexity index is 2400. The molecule has 2 N–H and O–H groups in total. The number of pyridine rings is 1. The third-order valence-electron chi connectivity index (χ3n) is 12.5. The van der Waals surface area contributed by atoms with E-state index in [9.17, 15) is 36.4 Å². The Balaban J connectivity index is 1.23. The summed E-state index contributed by atoms with van der Waals surface area (Å²) in [6.07, 6.45) is 1.01. The topological polar surface area (TPSA) is 177 Å². The van der Waals surface area contributed by atoms with Crippen LogP contribution in [0.15, 0.2) is 36.2 Å². The van der Waals surface area contributed by atoms with Crippen molar-refractivity contribution in [2.24, 2.45) is 17.3 Å². The molecule has 2 saturated carbocycles. The number of fused-ring (bicyclic) bond motifs is 1. The highest BCUT2D eigenvalue weighted by atomic mass is 32.2. The first-order chi connectivity index (χ1) is 29.1. The zero-order valence-electron chi connectivity index (χ0n) is 36.3. The predicted molar refractivity (Wildman–Crippen MR) is 230 cm³/mol. The van der Waals surface area contributed by atoms with Crippen LogP contribution < -0.4 is 19.5 Å². The van der Waals surface area contributed by atoms with Crippen molar-refractivity contribution in [3.8, 4) is 22.9 Å². The van der Waals surface area contributed by atoms with Gasteiger partial charge in [0.15, 0.2) is 0 Å². The van der Waals surface area contributed by atoms with Crippen molar-refractivity contribution >= 4 is 55.9 Å². The molecule has 14 nitrogen and oxygen atoms in total. The molecule has 4 fully saturated rings. The first kappa shape index (κ1) is 45.3. The van der Waals surface area contributed by atoms with E-state index in [-0.39, 0.29) is 51.1 Å². The van der Waals surface area contributed by atoms with E-state index < -0.39 is 86.3 Å². The summed E-state index contributed by atoms with van der Waals surface area (Å²) in [6, 6.07) is 4.16. The number of likely N-dealkylation sites (tertiary alicyclic amines) is 2. The van der Waals surface area contributed by atoms with E-state index >= 15 is 0 Å². The molecule has 0 unspecified atom stereocenters. The van der Waals surface area contributed by atoms with Crippen molar-refractivity contribution in [3.63, 3.8) is 0 Å². The number of rotatable bonds is 14. The lowest BCUT2D eigenvalue weighted by molar-refractivity contribution is -0.151. The van der Waals surface area contributed by atoms with Gasteiger partial charge in [-0.25, -0.2) is 27.2 Å². The fraction of sp³-hybridized carbons (Fsp3) is 0.591. The van der Waals surface area contributed by atoms with E-state index in [0.29, 0.717) is 46.6 Å². The predicted octanol–water partition coefficient (Wildman–Crippen LogP) is 6.13. The van der Waals surface area contributed by atoms with E-state index in [2.05, 4.69) is 30.5 Å². The highest BCUT2D eigenvalue weighted by molar-refractivity contribution is 7.91. The second-order valence-corrected chi connectivity index (χ2v) is 21.4. The van der Waals surface area contributed by atoms with Crippen molar-refractivity contribution < 1.29 is 45.9 Å². The Kier molecular flexibility index (Phi) is 12.3. The van der Waals surface area contributed by atoms with Gasteiger partial charge in [0.05, 0.1) is 53.3 Å². The lowest BCUT2D eigenvalue weighted by Gasteiger charge is -2.37. The monoisotopic (exact) mass is 898 g/mol. The Hall–Kier alpha value is -4.71. The second kappa shape index (κ2) is 16.8. The van der Waals surface area contributed by atoms with Gasteiger partial charge in [0.2, 0.25) is 27.7 Å². The molecule has 2 aromatic heterocycles. The summed E-state index contributed by atoms with van der Waals surface area (Å²) in [6.45, 7) is 14.4. The van der Waals surface area contributed by atoms with Crippen molar-refractivity contribution in [1.82, 2.24) is 29.8 Å². The quantitative estimate of drug-likeness (QED) is 0.179. The second-order valence-electron chi connectivity index (χ2n) is 18.6. The van der Waals surface area contributed by atoms with Gasteiger partial charge in [-0.2, -0.15) is 0 Å². The fourth-order valence-corrected chi connectivity index (χ4v) is 10.7. The molecule has 2 aliphatic heterocycles. The number of hydrogen-bond donors (Lipinski definition) is 2. The lowest BCUT2D eigenvalue weighted by atomic mass is 9.77. The molecule has 2 saturated heterocycles. The molecule has 1 aromatic carbocycles. The number of carbonyl (C=O) groups is 4. The molecule has 0 bridgehead atoms. The third kappa shape index (κ3) is 9.17. The van der Waals surface area contributed by atoms with Crippen molar-refractivity contribution in [3.05, 3.63) is 46.8 Å². The Morgan fingerprint density at radius 2 is 1.84 bits per heavy atom. The number of thiazole rings is 1. The fourth-order valence-electron chi connectivity index (χ4n) is 8.52. The Morgan fingerprint density at radius 1 is 1.11 bits per heavy atom. The van der Waals surface area contributed by atoms with Crippen LogP contribution in [0.4, 0.5) is 8.78 Å². The number of aromatic nitrogens is 2. The van der Waals surface area contributed by atoms with Crippen LogP contribution >= 0.6 is 11.3 Å². The van der Waals surface area contributed by atoms with Crippen LogP contribution in [0.1, 0.15) is 96.1 Å². The number of aryl methyl sites for hydroxylation is 1. The zero-order chi connectivity index (χ0) is 45.1. The number of ether oxygens (including phenoxy) is 2. The third-order valence-corrected chi connectivity index (χ3v) is 15.5. The zero-order valence-corrected chi connectivity index (χ0v) is 37.9. The number of halogens is 2. The minimum Gasteiger partial charge on any atom is -0.496 e. The molecule has 3 aromatic rings. The van der Waals surface area contributed by atoms with Gasteiger partial charge in [-0.3, -0.25) is 23.9 Å². The van der Waals surface area contributed by atoms with E-state index in [1.54, 1.807) is 40.0 Å². The molecule has 336 valence electrons. The number of carbonyl (C=O) groups excluding carboxylic acids is 4. The first-order valence-electron chi connectivity index (χ1n) is 21.1. The van der Waals surface area contributed by atoms with Crippen LogP contribution in [0.3, 0.4) is 0 Å². The van der Waals surface area contributed by atoms with Crippen LogP contribution in [-0.2, 0) is 29.2 Å². The molecule has 18 heteroatoms. The van der Waals surface area contributed by atoms with Crippen LogP contribution in [-0.4, -0.2) is 107 Å². The minimum atomic E-state index is -3.96. The molecule has 0 radical (unpaired) electrons. The van der Waals surface area contributed by atoms with E-state index in [0.717, 1.165) is 15.5 Å². The summed E-state index contributed by atoms with van der Waals surface area (Å²) in [4.78, 5) is 69.2. The smallest absolute Gasteiger partial charge is 0.265 e. The molecule has 62 heavy (non-hydrogen) atoms. The molecular formula is C44H56F2N6O8S2. The SMILES string of the molecule is C=C[C@H]1C[C@]1(NC(=O)[C@@H]1C[C@@H](Oc2cc(-c3csc(C(C)C)n3)nc3c(C)c(OC)ccc23)CN1C(=O)[C@@H](CC(=O)N1CCCC(F)(F)C1)C(C)(C)C)C(=O)NS(=O)(=O)C1CC1. The molecule has 7 rings (SSSR count). The van der Waals surface area contributed by atoms with E-state index in [4.69, 9.17) is 19.4 Å². The number of hydrogen-bond acceptors (Lipinski definition) is 11. The van der Waals surface area contributed by atoms with Gasteiger partial charge < -0.3 is 24.6 Å². The number of nitrogens with zero attached hydrogens (tertiary/aromatic N) is 4. The van der Waals surface area contributed by atoms with Crippen molar-refractivity contribution in [2.75, 3.05) is 26.7 Å². The van der Waals surface area contributed by atoms with Crippen LogP contribution in [0.25, 0.3) is 22.3 Å². The van der Waals surface area contributed by atoms with Crippen molar-refractivity contribution in [1.29, 1.82) is 0 Å². The summed E-state index contributed by atoms with van der Waals surface area (Å²) in [5, 5.41) is 5.62. The number of sulfonamides is 1. The molecule has 4 amide bonds. The molecule has 4 aliphatic rings. The maximum absolute atomic E-state index is 14.9. The molecule has 0 spiro atoms. The lowest BCUT2D eigenvalue weighted by Crippen LogP contribution is -2.57. The minimum absolute atomic E-state index is 0.0416. The van der Waals surface area contributed by atoms with Gasteiger partial charge in [0.25, 0.3) is 11.8 Å². The normalized spacial score (nSPS) is 24.1. The summed E-state index contributed by atoms with van der Waals surface area (Å²) in [5.41, 5.74) is 0.0647. The van der Waals surface area contributed by atoms with E-state index in [1.165, 1.54) is 22.3 Å². The largest absolute Gasteiger partial charge is 0.496 e. The highest BCUT2D eigenvalue weighted by Gasteiger charge is 2.62. The highest BCUT2D eigenvalue weighted by Crippen LogP contribution is 2.46. The Labute approximate surface area is 365 Å². The van der Waals surface area contributed by atoms with Gasteiger partial charge in [0.1, 0.15) is 29.2 Å². The average Bonchev–Trinajstić information content (AvgIpc) is 4.08. The van der Waals surface area contributed by atoms with Gasteiger partial charge in [-0.15, -0.1) is 17.9 Å². The van der Waals surface area contributed by atoms with Crippen LogP contribution in [0.2, 0.25) is 0 Å². The number of alkyl halides is 2. The molecule has 5 atom stereocenters. The number of benzene rings is 1. The van der Waals surface area contributed by atoms with Crippen molar-refractivity contribution in [2.45, 2.75) is 121 Å². The summed E-state index contributed by atoms with van der Waals surface area (Å²) in [7, 11) is -2.39. The number of amides is 4. The summed E-state index contributed by atoms with van der Waals surface area (Å²) >= 11 is 1.52. The maximum atomic E-state index is 14.9. The Morgan fingerprint density at radius 3 is 2.44 bits per heavy atom. The van der Waals surface area contributed by atoms with Gasteiger partial charge in [-0.1, -0.05) is 40.7 Å². The van der Waals surface area contributed by atoms with Crippen LogP contribution in [0, 0.1) is 24.2 Å². The number of nitrogens with one attached hydrogen (secondary N) is 2. The molecule has 4 heterocycles.